The molecule has 0 radical (unpaired) electrons. The molecule has 164 valence electrons. The number of carbonyl (C=O) groups excluding carboxylic acids is 1. The molecule has 0 aliphatic heterocycles. The van der Waals surface area contributed by atoms with E-state index in [4.69, 9.17) is 9.26 Å². The molecule has 0 spiro atoms. The quantitative estimate of drug-likeness (QED) is 0.410. The Labute approximate surface area is 186 Å². The largest absolute Gasteiger partial charge is 0.516 e. The molecule has 0 saturated heterocycles. The van der Waals surface area contributed by atoms with Crippen molar-refractivity contribution in [1.82, 2.24) is 14.7 Å². The van der Waals surface area contributed by atoms with E-state index in [1.807, 2.05) is 57.4 Å². The predicted molar refractivity (Wildman–Crippen MR) is 121 cm³/mol. The smallest absolute Gasteiger partial charge is 0.415 e. The van der Waals surface area contributed by atoms with E-state index in [1.165, 1.54) is 5.52 Å². The van der Waals surface area contributed by atoms with Crippen LogP contribution in [0.2, 0.25) is 0 Å². The van der Waals surface area contributed by atoms with Crippen molar-refractivity contribution in [2.45, 2.75) is 38.5 Å². The number of aromatic nitrogens is 3. The summed E-state index contributed by atoms with van der Waals surface area (Å²) in [5, 5.41) is 5.01. The van der Waals surface area contributed by atoms with Crippen LogP contribution >= 0.6 is 0 Å². The summed E-state index contributed by atoms with van der Waals surface area (Å²) in [5.41, 5.74) is 3.09. The van der Waals surface area contributed by atoms with Crippen molar-refractivity contribution in [3.63, 3.8) is 0 Å². The maximum atomic E-state index is 12.8. The molecule has 0 N–H and O–H groups in total. The van der Waals surface area contributed by atoms with Gasteiger partial charge in [-0.2, -0.15) is 9.78 Å². The third-order valence-electron chi connectivity index (χ3n) is 6.57. The maximum absolute atomic E-state index is 12.8. The fraction of sp³-hybridized carbons (Fsp3) is 0.320. The third-order valence-corrected chi connectivity index (χ3v) is 6.57. The first-order valence-electron chi connectivity index (χ1n) is 10.9. The highest BCUT2D eigenvalue weighted by molar-refractivity contribution is 5.84. The van der Waals surface area contributed by atoms with Crippen molar-refractivity contribution in [3.05, 3.63) is 72.2 Å². The highest BCUT2D eigenvalue weighted by Gasteiger charge is 2.47. The van der Waals surface area contributed by atoms with Crippen LogP contribution in [0.3, 0.4) is 0 Å². The molecule has 2 heterocycles. The van der Waals surface area contributed by atoms with Crippen molar-refractivity contribution >= 4 is 17.0 Å². The lowest BCUT2D eigenvalue weighted by Gasteiger charge is -2.44. The first-order chi connectivity index (χ1) is 15.4. The lowest BCUT2D eigenvalue weighted by atomic mass is 9.84. The minimum atomic E-state index is -0.186. The second kappa shape index (κ2) is 7.91. The number of nitrogens with zero attached hydrogens (tertiary/aromatic N) is 4. The minimum Gasteiger partial charge on any atom is -0.415 e. The van der Waals surface area contributed by atoms with Gasteiger partial charge >= 0.3 is 6.09 Å². The van der Waals surface area contributed by atoms with E-state index >= 15 is 0 Å². The molecule has 1 aliphatic rings. The van der Waals surface area contributed by atoms with Gasteiger partial charge in [-0.25, -0.2) is 4.48 Å². The summed E-state index contributed by atoms with van der Waals surface area (Å²) in [6, 6.07) is 18.7. The summed E-state index contributed by atoms with van der Waals surface area (Å²) in [7, 11) is 3.89. The second-order valence-corrected chi connectivity index (χ2v) is 9.00. The molecule has 7 heteroatoms. The van der Waals surface area contributed by atoms with Crippen LogP contribution in [0.5, 0.6) is 0 Å². The SMILES string of the molecule is Cc1noc(-c2ccc3c(ccn3C3CC([N+](C)(C)C(=O)OCc4ccccc4)C3)c2)n1. The van der Waals surface area contributed by atoms with Gasteiger partial charge in [0.15, 0.2) is 5.82 Å². The molecule has 1 fully saturated rings. The molecule has 2 aromatic heterocycles. The van der Waals surface area contributed by atoms with E-state index < -0.39 is 0 Å². The summed E-state index contributed by atoms with van der Waals surface area (Å²) < 4.78 is 13.5. The van der Waals surface area contributed by atoms with Crippen molar-refractivity contribution in [3.8, 4) is 11.5 Å². The van der Waals surface area contributed by atoms with Crippen molar-refractivity contribution in [2.24, 2.45) is 0 Å². The van der Waals surface area contributed by atoms with Gasteiger partial charge < -0.3 is 13.8 Å². The van der Waals surface area contributed by atoms with Gasteiger partial charge in [0.2, 0.25) is 0 Å². The van der Waals surface area contributed by atoms with Gasteiger partial charge in [0.1, 0.15) is 12.6 Å². The van der Waals surface area contributed by atoms with Crippen LogP contribution in [-0.2, 0) is 11.3 Å². The molecule has 4 aromatic rings. The minimum absolute atomic E-state index is 0.186. The Morgan fingerprint density at radius 3 is 2.66 bits per heavy atom. The first-order valence-corrected chi connectivity index (χ1v) is 10.9. The average Bonchev–Trinajstić information content (AvgIpc) is 3.37. The molecule has 5 rings (SSSR count). The van der Waals surface area contributed by atoms with Gasteiger partial charge in [0.25, 0.3) is 5.89 Å². The third kappa shape index (κ3) is 3.69. The molecule has 1 saturated carbocycles. The van der Waals surface area contributed by atoms with Gasteiger partial charge in [-0.1, -0.05) is 35.5 Å². The van der Waals surface area contributed by atoms with Crippen LogP contribution in [0, 0.1) is 6.92 Å². The Morgan fingerprint density at radius 2 is 1.94 bits per heavy atom. The lowest BCUT2D eigenvalue weighted by molar-refractivity contribution is -0.852. The van der Waals surface area contributed by atoms with Crippen LogP contribution in [0.4, 0.5) is 4.79 Å². The number of benzene rings is 2. The molecule has 2 aromatic carbocycles. The summed E-state index contributed by atoms with van der Waals surface area (Å²) in [5.74, 6) is 1.16. The number of hydrogen-bond acceptors (Lipinski definition) is 5. The second-order valence-electron chi connectivity index (χ2n) is 9.00. The van der Waals surface area contributed by atoms with E-state index in [0.717, 1.165) is 29.4 Å². The average molecular weight is 432 g/mol. The number of aryl methyl sites for hydroxylation is 1. The van der Waals surface area contributed by atoms with E-state index in [0.29, 0.717) is 24.4 Å². The van der Waals surface area contributed by atoms with Crippen molar-refractivity contribution < 1.29 is 18.5 Å². The number of quaternary nitrogens is 1. The normalized spacial score (nSPS) is 18.5. The molecule has 0 atom stereocenters. The highest BCUT2D eigenvalue weighted by Crippen LogP contribution is 2.40. The maximum Gasteiger partial charge on any atom is 0.516 e. The van der Waals surface area contributed by atoms with Crippen LogP contribution in [-0.4, -0.2) is 45.4 Å². The Morgan fingerprint density at radius 1 is 1.16 bits per heavy atom. The Kier molecular flexibility index (Phi) is 5.06. The van der Waals surface area contributed by atoms with Gasteiger partial charge in [0, 0.05) is 41.5 Å². The number of amides is 1. The van der Waals surface area contributed by atoms with E-state index in [2.05, 4.69) is 39.1 Å². The molecule has 7 nitrogen and oxygen atoms in total. The predicted octanol–water partition coefficient (Wildman–Crippen LogP) is 5.12. The van der Waals surface area contributed by atoms with Gasteiger partial charge in [0.05, 0.1) is 14.1 Å². The van der Waals surface area contributed by atoms with Crippen molar-refractivity contribution in [2.75, 3.05) is 14.1 Å². The first kappa shape index (κ1) is 20.5. The van der Waals surface area contributed by atoms with Crippen LogP contribution in [0.25, 0.3) is 22.4 Å². The molecular weight excluding hydrogens is 404 g/mol. The van der Waals surface area contributed by atoms with E-state index in [1.54, 1.807) is 0 Å². The zero-order valence-corrected chi connectivity index (χ0v) is 18.6. The number of hydrogen-bond donors (Lipinski definition) is 0. The molecule has 1 aliphatic carbocycles. The molecule has 0 unspecified atom stereocenters. The standard InChI is InChI=1S/C25H27N4O3/c1-17-26-24(32-27-17)20-9-10-23-19(13-20)11-12-28(23)21-14-22(15-21)29(2,3)25(30)31-16-18-7-5-4-6-8-18/h4-13,21-22H,14-16H2,1-3H3/q+1. The molecule has 1 amide bonds. The number of rotatable bonds is 5. The van der Waals surface area contributed by atoms with Crippen LogP contribution in [0.1, 0.15) is 30.3 Å². The Balaban J connectivity index is 1.24. The Bertz CT molecular complexity index is 1250. The Hall–Kier alpha value is -3.45. The fourth-order valence-electron chi connectivity index (χ4n) is 4.38. The summed E-state index contributed by atoms with van der Waals surface area (Å²) >= 11 is 0. The number of ether oxygens (including phenoxy) is 1. The van der Waals surface area contributed by atoms with Gasteiger partial charge in [-0.05, 0) is 36.8 Å². The molecular formula is C25H27N4O3+. The van der Waals surface area contributed by atoms with Gasteiger partial charge in [-0.3, -0.25) is 0 Å². The van der Waals surface area contributed by atoms with E-state index in [-0.39, 0.29) is 16.6 Å². The monoisotopic (exact) mass is 431 g/mol. The highest BCUT2D eigenvalue weighted by atomic mass is 16.6. The summed E-state index contributed by atoms with van der Waals surface area (Å²) in [6.45, 7) is 2.12. The van der Waals surface area contributed by atoms with Crippen LogP contribution < -0.4 is 0 Å². The van der Waals surface area contributed by atoms with Gasteiger partial charge in [-0.15, -0.1) is 0 Å². The van der Waals surface area contributed by atoms with Crippen molar-refractivity contribution in [1.29, 1.82) is 0 Å². The lowest BCUT2D eigenvalue weighted by Crippen LogP contribution is -2.58. The number of fused-ring (bicyclic) bond motifs is 1. The fourth-order valence-corrected chi connectivity index (χ4v) is 4.38. The number of carbonyl (C=O) groups is 1. The molecule has 32 heavy (non-hydrogen) atoms. The van der Waals surface area contributed by atoms with E-state index in [9.17, 15) is 4.79 Å². The molecule has 0 bridgehead atoms. The zero-order chi connectivity index (χ0) is 22.3. The van der Waals surface area contributed by atoms with Crippen LogP contribution in [0.15, 0.2) is 65.3 Å². The topological polar surface area (TPSA) is 70.2 Å². The zero-order valence-electron chi connectivity index (χ0n) is 18.6. The summed E-state index contributed by atoms with van der Waals surface area (Å²) in [4.78, 5) is 17.1. The summed E-state index contributed by atoms with van der Waals surface area (Å²) in [6.07, 6.45) is 3.81.